The summed E-state index contributed by atoms with van der Waals surface area (Å²) in [7, 11) is 0. The van der Waals surface area contributed by atoms with E-state index in [9.17, 15) is 0 Å². The molecule has 4 nitrogen and oxygen atoms in total. The first-order valence-corrected chi connectivity index (χ1v) is 7.62. The molecule has 96 valence electrons. The Balaban J connectivity index is 1.69. The maximum atomic E-state index is 4.69. The Bertz CT molecular complexity index is 511. The minimum Gasteiger partial charge on any atom is -0.269 e. The van der Waals surface area contributed by atoms with E-state index in [1.54, 1.807) is 0 Å². The lowest BCUT2D eigenvalue weighted by atomic mass is 9.96. The first kappa shape index (κ1) is 12.2. The van der Waals surface area contributed by atoms with Gasteiger partial charge < -0.3 is 0 Å². The normalized spacial score (nSPS) is 17.2. The number of hydrogen-bond donors (Lipinski definition) is 0. The molecule has 0 aliphatic heterocycles. The third kappa shape index (κ3) is 2.76. The van der Waals surface area contributed by atoms with Crippen LogP contribution in [0.3, 0.4) is 0 Å². The van der Waals surface area contributed by atoms with Crippen molar-refractivity contribution >= 4 is 22.6 Å². The lowest BCUT2D eigenvalue weighted by Gasteiger charge is -2.21. The molecule has 0 aromatic carbocycles. The molecule has 0 bridgehead atoms. The Morgan fingerprint density at radius 1 is 1.11 bits per heavy atom. The fourth-order valence-corrected chi connectivity index (χ4v) is 3.04. The second-order valence-corrected chi connectivity index (χ2v) is 6.02. The third-order valence-corrected chi connectivity index (χ3v) is 4.12. The molecule has 0 saturated heterocycles. The highest BCUT2D eigenvalue weighted by atomic mass is 127. The standard InChI is InChI=1S/C13H17IN4/c14-13-7-8-17(16-13)10-11-6-9-18(15-11)12-4-2-1-3-5-12/h6-9,12H,1-5,10H2. The van der Waals surface area contributed by atoms with E-state index in [2.05, 4.69) is 44.6 Å². The summed E-state index contributed by atoms with van der Waals surface area (Å²) in [6.07, 6.45) is 10.8. The van der Waals surface area contributed by atoms with Crippen LogP contribution in [0.1, 0.15) is 43.8 Å². The van der Waals surface area contributed by atoms with E-state index in [1.807, 2.05) is 16.9 Å². The van der Waals surface area contributed by atoms with E-state index in [0.29, 0.717) is 6.04 Å². The van der Waals surface area contributed by atoms with Crippen LogP contribution < -0.4 is 0 Å². The van der Waals surface area contributed by atoms with Crippen molar-refractivity contribution in [2.75, 3.05) is 0 Å². The maximum absolute atomic E-state index is 4.69. The highest BCUT2D eigenvalue weighted by Crippen LogP contribution is 2.27. The second-order valence-electron chi connectivity index (χ2n) is 4.91. The Kier molecular flexibility index (Phi) is 3.67. The van der Waals surface area contributed by atoms with Gasteiger partial charge in [0.05, 0.1) is 18.3 Å². The fraction of sp³-hybridized carbons (Fsp3) is 0.538. The van der Waals surface area contributed by atoms with Gasteiger partial charge in [-0.1, -0.05) is 19.3 Å². The van der Waals surface area contributed by atoms with Crippen LogP contribution in [-0.2, 0) is 6.54 Å². The summed E-state index contributed by atoms with van der Waals surface area (Å²) in [6.45, 7) is 0.767. The van der Waals surface area contributed by atoms with E-state index >= 15 is 0 Å². The van der Waals surface area contributed by atoms with Crippen LogP contribution in [0, 0.1) is 3.70 Å². The summed E-state index contributed by atoms with van der Waals surface area (Å²) in [5.41, 5.74) is 1.10. The van der Waals surface area contributed by atoms with Gasteiger partial charge in [0.1, 0.15) is 3.70 Å². The average Bonchev–Trinajstić information content (AvgIpc) is 3.01. The van der Waals surface area contributed by atoms with Crippen molar-refractivity contribution in [1.82, 2.24) is 19.6 Å². The van der Waals surface area contributed by atoms with Crippen LogP contribution in [0.4, 0.5) is 0 Å². The van der Waals surface area contributed by atoms with Crippen LogP contribution in [-0.4, -0.2) is 19.6 Å². The molecule has 1 aliphatic carbocycles. The first-order valence-electron chi connectivity index (χ1n) is 6.54. The number of halogens is 1. The van der Waals surface area contributed by atoms with E-state index in [1.165, 1.54) is 32.1 Å². The second kappa shape index (κ2) is 5.42. The average molecular weight is 356 g/mol. The molecule has 0 unspecified atom stereocenters. The van der Waals surface area contributed by atoms with Crippen molar-refractivity contribution < 1.29 is 0 Å². The first-order chi connectivity index (χ1) is 8.81. The van der Waals surface area contributed by atoms with Crippen LogP contribution in [0.2, 0.25) is 0 Å². The van der Waals surface area contributed by atoms with Crippen LogP contribution >= 0.6 is 22.6 Å². The number of nitrogens with zero attached hydrogens (tertiary/aromatic N) is 4. The summed E-state index contributed by atoms with van der Waals surface area (Å²) >= 11 is 2.23. The molecular formula is C13H17IN4. The molecule has 0 spiro atoms. The van der Waals surface area contributed by atoms with Gasteiger partial charge in [0.15, 0.2) is 0 Å². The Hall–Kier alpha value is -0.850. The predicted molar refractivity (Wildman–Crippen MR) is 78.4 cm³/mol. The molecule has 0 atom stereocenters. The Morgan fingerprint density at radius 2 is 1.94 bits per heavy atom. The van der Waals surface area contributed by atoms with Gasteiger partial charge in [-0.15, -0.1) is 0 Å². The van der Waals surface area contributed by atoms with Crippen molar-refractivity contribution in [2.45, 2.75) is 44.7 Å². The SMILES string of the molecule is Ic1ccn(Cc2ccn(C3CCCCC3)n2)n1. The molecule has 2 heterocycles. The maximum Gasteiger partial charge on any atom is 0.123 e. The number of aromatic nitrogens is 4. The summed E-state index contributed by atoms with van der Waals surface area (Å²) in [5.74, 6) is 0. The van der Waals surface area contributed by atoms with Gasteiger partial charge in [-0.2, -0.15) is 10.2 Å². The molecular weight excluding hydrogens is 339 g/mol. The number of rotatable bonds is 3. The van der Waals surface area contributed by atoms with Crippen molar-refractivity contribution in [3.05, 3.63) is 33.9 Å². The lowest BCUT2D eigenvalue weighted by Crippen LogP contribution is -2.13. The van der Waals surface area contributed by atoms with Gasteiger partial charge in [-0.05, 0) is 47.6 Å². The summed E-state index contributed by atoms with van der Waals surface area (Å²) in [5, 5.41) is 9.07. The minimum absolute atomic E-state index is 0.616. The van der Waals surface area contributed by atoms with Crippen molar-refractivity contribution in [3.63, 3.8) is 0 Å². The quantitative estimate of drug-likeness (QED) is 0.792. The van der Waals surface area contributed by atoms with Gasteiger partial charge in [0.25, 0.3) is 0 Å². The van der Waals surface area contributed by atoms with Gasteiger partial charge in [-0.3, -0.25) is 9.36 Å². The van der Waals surface area contributed by atoms with Crippen molar-refractivity contribution in [2.24, 2.45) is 0 Å². The van der Waals surface area contributed by atoms with Gasteiger partial charge in [-0.25, -0.2) is 0 Å². The van der Waals surface area contributed by atoms with Gasteiger partial charge in [0, 0.05) is 12.4 Å². The summed E-state index contributed by atoms with van der Waals surface area (Å²) in [4.78, 5) is 0. The zero-order valence-electron chi connectivity index (χ0n) is 10.3. The lowest BCUT2D eigenvalue weighted by molar-refractivity contribution is 0.327. The summed E-state index contributed by atoms with van der Waals surface area (Å²) < 4.78 is 5.12. The molecule has 1 fully saturated rings. The molecule has 5 heteroatoms. The molecule has 0 N–H and O–H groups in total. The molecule has 2 aromatic rings. The van der Waals surface area contributed by atoms with Gasteiger partial charge in [0.2, 0.25) is 0 Å². The summed E-state index contributed by atoms with van der Waals surface area (Å²) in [6, 6.07) is 4.74. The molecule has 2 aromatic heterocycles. The predicted octanol–water partition coefficient (Wildman–Crippen LogP) is 3.24. The Labute approximate surface area is 121 Å². The van der Waals surface area contributed by atoms with Gasteiger partial charge >= 0.3 is 0 Å². The third-order valence-electron chi connectivity index (χ3n) is 3.54. The van der Waals surface area contributed by atoms with E-state index < -0.39 is 0 Å². The van der Waals surface area contributed by atoms with Crippen LogP contribution in [0.5, 0.6) is 0 Å². The van der Waals surface area contributed by atoms with Crippen LogP contribution in [0.15, 0.2) is 24.5 Å². The molecule has 0 radical (unpaired) electrons. The largest absolute Gasteiger partial charge is 0.269 e. The van der Waals surface area contributed by atoms with E-state index in [0.717, 1.165) is 15.9 Å². The zero-order valence-corrected chi connectivity index (χ0v) is 12.5. The highest BCUT2D eigenvalue weighted by Gasteiger charge is 2.15. The van der Waals surface area contributed by atoms with Crippen molar-refractivity contribution in [1.29, 1.82) is 0 Å². The van der Waals surface area contributed by atoms with E-state index in [4.69, 9.17) is 5.10 Å². The molecule has 3 rings (SSSR count). The highest BCUT2D eigenvalue weighted by molar-refractivity contribution is 14.1. The van der Waals surface area contributed by atoms with Crippen molar-refractivity contribution in [3.8, 4) is 0 Å². The minimum atomic E-state index is 0.616. The molecule has 1 aliphatic rings. The zero-order chi connectivity index (χ0) is 12.4. The fourth-order valence-electron chi connectivity index (χ4n) is 2.60. The number of hydrogen-bond acceptors (Lipinski definition) is 2. The smallest absolute Gasteiger partial charge is 0.123 e. The monoisotopic (exact) mass is 356 g/mol. The molecule has 18 heavy (non-hydrogen) atoms. The molecule has 1 saturated carbocycles. The Morgan fingerprint density at radius 3 is 2.67 bits per heavy atom. The topological polar surface area (TPSA) is 35.6 Å². The molecule has 0 amide bonds. The van der Waals surface area contributed by atoms with E-state index in [-0.39, 0.29) is 0 Å². The van der Waals surface area contributed by atoms with Crippen LogP contribution in [0.25, 0.3) is 0 Å².